The minimum absolute atomic E-state index is 0.0998. The molecule has 0 saturated heterocycles. The molecule has 0 aromatic heterocycles. The molecule has 7 nitrogen and oxygen atoms in total. The maximum atomic E-state index is 11.9. The summed E-state index contributed by atoms with van der Waals surface area (Å²) in [5, 5.41) is 16.1. The third-order valence-electron chi connectivity index (χ3n) is 3.46. The van der Waals surface area contributed by atoms with Crippen LogP contribution in [0.5, 0.6) is 5.75 Å². The molecule has 24 heavy (non-hydrogen) atoms. The van der Waals surface area contributed by atoms with E-state index in [9.17, 15) is 14.9 Å². The lowest BCUT2D eigenvalue weighted by Gasteiger charge is -2.11. The van der Waals surface area contributed by atoms with Crippen molar-refractivity contribution in [3.05, 3.63) is 63.7 Å². The van der Waals surface area contributed by atoms with Gasteiger partial charge in [-0.15, -0.1) is 0 Å². The van der Waals surface area contributed by atoms with Gasteiger partial charge in [-0.1, -0.05) is 29.8 Å². The lowest BCUT2D eigenvalue weighted by Crippen LogP contribution is -2.30. The number of hydrogen-bond donors (Lipinski definition) is 2. The number of ether oxygens (including phenoxy) is 1. The van der Waals surface area contributed by atoms with Gasteiger partial charge in [0.05, 0.1) is 23.8 Å². The van der Waals surface area contributed by atoms with Crippen LogP contribution in [-0.2, 0) is 6.42 Å². The molecule has 0 saturated carbocycles. The second kappa shape index (κ2) is 7.96. The molecule has 0 atom stereocenters. The smallest absolute Gasteiger partial charge is 0.319 e. The summed E-state index contributed by atoms with van der Waals surface area (Å²) in [6, 6.07) is 11.7. The minimum Gasteiger partial charge on any atom is -0.494 e. The third-order valence-corrected chi connectivity index (χ3v) is 3.46. The monoisotopic (exact) mass is 329 g/mol. The second-order valence-corrected chi connectivity index (χ2v) is 5.26. The summed E-state index contributed by atoms with van der Waals surface area (Å²) in [4.78, 5) is 22.2. The molecule has 0 heterocycles. The Morgan fingerprint density at radius 2 is 1.92 bits per heavy atom. The quantitative estimate of drug-likeness (QED) is 0.628. The highest BCUT2D eigenvalue weighted by atomic mass is 16.6. The van der Waals surface area contributed by atoms with Crippen molar-refractivity contribution in [1.82, 2.24) is 5.32 Å². The van der Waals surface area contributed by atoms with Crippen LogP contribution in [0.4, 0.5) is 16.2 Å². The Hall–Kier alpha value is -3.09. The first-order chi connectivity index (χ1) is 11.5. The van der Waals surface area contributed by atoms with Crippen molar-refractivity contribution in [2.45, 2.75) is 13.3 Å². The van der Waals surface area contributed by atoms with Gasteiger partial charge in [0.2, 0.25) is 0 Å². The normalized spacial score (nSPS) is 10.1. The van der Waals surface area contributed by atoms with E-state index in [-0.39, 0.29) is 11.4 Å². The van der Waals surface area contributed by atoms with E-state index in [1.54, 1.807) is 0 Å². The molecule has 0 unspecified atom stereocenters. The predicted octanol–water partition coefficient (Wildman–Crippen LogP) is 3.28. The van der Waals surface area contributed by atoms with Crippen LogP contribution in [0.25, 0.3) is 0 Å². The maximum absolute atomic E-state index is 11.9. The zero-order chi connectivity index (χ0) is 17.5. The maximum Gasteiger partial charge on any atom is 0.319 e. The molecule has 0 aliphatic rings. The first-order valence-corrected chi connectivity index (χ1v) is 7.42. The number of hydrogen-bond acceptors (Lipinski definition) is 4. The number of amides is 2. The van der Waals surface area contributed by atoms with Gasteiger partial charge in [-0.05, 0) is 25.0 Å². The summed E-state index contributed by atoms with van der Waals surface area (Å²) >= 11 is 0. The van der Waals surface area contributed by atoms with E-state index in [4.69, 9.17) is 4.74 Å². The lowest BCUT2D eigenvalue weighted by atomic mass is 10.1. The van der Waals surface area contributed by atoms with Crippen molar-refractivity contribution in [3.63, 3.8) is 0 Å². The summed E-state index contributed by atoms with van der Waals surface area (Å²) in [5.41, 5.74) is 2.59. The molecule has 2 aromatic rings. The fraction of sp³-hybridized carbons (Fsp3) is 0.235. The van der Waals surface area contributed by atoms with Crippen LogP contribution < -0.4 is 15.4 Å². The summed E-state index contributed by atoms with van der Waals surface area (Å²) in [6.07, 6.45) is 0.713. The average Bonchev–Trinajstić information content (AvgIpc) is 2.56. The highest BCUT2D eigenvalue weighted by Crippen LogP contribution is 2.28. The molecule has 0 spiro atoms. The van der Waals surface area contributed by atoms with E-state index < -0.39 is 11.0 Å². The Bertz CT molecular complexity index is 729. The van der Waals surface area contributed by atoms with Crippen LogP contribution in [0.2, 0.25) is 0 Å². The van der Waals surface area contributed by atoms with E-state index in [2.05, 4.69) is 10.6 Å². The van der Waals surface area contributed by atoms with Crippen LogP contribution in [-0.4, -0.2) is 24.6 Å². The third kappa shape index (κ3) is 4.70. The molecule has 0 fully saturated rings. The Kier molecular flexibility index (Phi) is 5.73. The van der Waals surface area contributed by atoms with E-state index in [0.717, 1.165) is 5.56 Å². The Morgan fingerprint density at radius 3 is 2.54 bits per heavy atom. The molecule has 0 bridgehead atoms. The fourth-order valence-corrected chi connectivity index (χ4v) is 2.14. The largest absolute Gasteiger partial charge is 0.494 e. The van der Waals surface area contributed by atoms with Crippen molar-refractivity contribution in [3.8, 4) is 5.75 Å². The van der Waals surface area contributed by atoms with E-state index in [0.29, 0.717) is 18.7 Å². The molecule has 7 heteroatoms. The molecule has 2 N–H and O–H groups in total. The van der Waals surface area contributed by atoms with E-state index in [1.165, 1.54) is 30.9 Å². The first kappa shape index (κ1) is 17.3. The number of urea groups is 1. The van der Waals surface area contributed by atoms with Gasteiger partial charge in [0.1, 0.15) is 5.75 Å². The van der Waals surface area contributed by atoms with Crippen LogP contribution >= 0.6 is 0 Å². The number of anilines is 1. The van der Waals surface area contributed by atoms with Crippen molar-refractivity contribution in [2.24, 2.45) is 0 Å². The zero-order valence-corrected chi connectivity index (χ0v) is 13.5. The Labute approximate surface area is 139 Å². The number of carbonyl (C=O) groups excluding carboxylic acids is 1. The van der Waals surface area contributed by atoms with Crippen molar-refractivity contribution < 1.29 is 14.5 Å². The van der Waals surface area contributed by atoms with Crippen LogP contribution in [0, 0.1) is 17.0 Å². The van der Waals surface area contributed by atoms with Crippen molar-refractivity contribution in [1.29, 1.82) is 0 Å². The number of rotatable bonds is 6. The topological polar surface area (TPSA) is 93.5 Å². The summed E-state index contributed by atoms with van der Waals surface area (Å²) in [7, 11) is 1.39. The summed E-state index contributed by atoms with van der Waals surface area (Å²) < 4.78 is 5.08. The number of nitrogens with zero attached hydrogens (tertiary/aromatic N) is 1. The van der Waals surface area contributed by atoms with Crippen molar-refractivity contribution in [2.75, 3.05) is 19.0 Å². The number of non-ortho nitro benzene ring substituents is 1. The number of nitro groups is 1. The number of nitro benzene ring substituents is 1. The van der Waals surface area contributed by atoms with E-state index in [1.807, 2.05) is 31.2 Å². The number of benzene rings is 2. The first-order valence-electron chi connectivity index (χ1n) is 7.42. The average molecular weight is 329 g/mol. The number of nitrogens with one attached hydrogen (secondary N) is 2. The second-order valence-electron chi connectivity index (χ2n) is 5.26. The predicted molar refractivity (Wildman–Crippen MR) is 91.6 cm³/mol. The number of carbonyl (C=O) groups is 1. The molecular formula is C17H19N3O4. The molecule has 0 aliphatic carbocycles. The molecule has 0 aliphatic heterocycles. The highest BCUT2D eigenvalue weighted by Gasteiger charge is 2.13. The van der Waals surface area contributed by atoms with Crippen LogP contribution in [0.1, 0.15) is 11.1 Å². The van der Waals surface area contributed by atoms with E-state index >= 15 is 0 Å². The molecule has 126 valence electrons. The van der Waals surface area contributed by atoms with Crippen molar-refractivity contribution >= 4 is 17.4 Å². The Balaban J connectivity index is 1.90. The van der Waals surface area contributed by atoms with Crippen LogP contribution in [0.15, 0.2) is 42.5 Å². The lowest BCUT2D eigenvalue weighted by molar-refractivity contribution is -0.384. The zero-order valence-electron chi connectivity index (χ0n) is 13.5. The van der Waals surface area contributed by atoms with Crippen LogP contribution in [0.3, 0.4) is 0 Å². The standard InChI is InChI=1S/C17H19N3O4/c1-12-3-5-13(6-4-12)9-10-18-17(21)19-15-8-7-14(20(22)23)11-16(15)24-2/h3-8,11H,9-10H2,1-2H3,(H2,18,19,21). The molecule has 2 aromatic carbocycles. The number of aryl methyl sites for hydroxylation is 1. The summed E-state index contributed by atoms with van der Waals surface area (Å²) in [6.45, 7) is 2.50. The van der Waals surface area contributed by atoms with Gasteiger partial charge in [-0.3, -0.25) is 10.1 Å². The minimum atomic E-state index is -0.520. The van der Waals surface area contributed by atoms with Gasteiger partial charge < -0.3 is 15.4 Å². The van der Waals surface area contributed by atoms with Gasteiger partial charge >= 0.3 is 6.03 Å². The van der Waals surface area contributed by atoms with Gasteiger partial charge in [0, 0.05) is 12.6 Å². The fourth-order valence-electron chi connectivity index (χ4n) is 2.14. The Morgan fingerprint density at radius 1 is 1.21 bits per heavy atom. The molecular weight excluding hydrogens is 310 g/mol. The SMILES string of the molecule is COc1cc([N+](=O)[O-])ccc1NC(=O)NCCc1ccc(C)cc1. The summed E-state index contributed by atoms with van der Waals surface area (Å²) in [5.74, 6) is 0.234. The van der Waals surface area contributed by atoms with Gasteiger partial charge in [0.25, 0.3) is 5.69 Å². The highest BCUT2D eigenvalue weighted by molar-refractivity contribution is 5.91. The van der Waals surface area contributed by atoms with Gasteiger partial charge in [-0.25, -0.2) is 4.79 Å². The molecule has 2 amide bonds. The van der Waals surface area contributed by atoms with Gasteiger partial charge in [0.15, 0.2) is 0 Å². The molecule has 2 rings (SSSR count). The number of methoxy groups -OCH3 is 1. The molecule has 0 radical (unpaired) electrons. The van der Waals surface area contributed by atoms with Gasteiger partial charge in [-0.2, -0.15) is 0 Å².